The summed E-state index contributed by atoms with van der Waals surface area (Å²) in [5.41, 5.74) is 3.44. The second kappa shape index (κ2) is 8.69. The Hall–Kier alpha value is -1.82. The van der Waals surface area contributed by atoms with Crippen molar-refractivity contribution in [2.24, 2.45) is 17.8 Å². The predicted octanol–water partition coefficient (Wildman–Crippen LogP) is 7.61. The molecule has 0 spiro atoms. The maximum Gasteiger partial charge on any atom is 0.270 e. The summed E-state index contributed by atoms with van der Waals surface area (Å²) >= 11 is 13.0. The molecule has 5 fully saturated rings. The highest BCUT2D eigenvalue weighted by molar-refractivity contribution is 8.27. The van der Waals surface area contributed by atoms with Gasteiger partial charge in [-0.2, -0.15) is 0 Å². The van der Waals surface area contributed by atoms with Gasteiger partial charge in [0.15, 0.2) is 4.32 Å². The van der Waals surface area contributed by atoms with Crippen molar-refractivity contribution < 1.29 is 9.53 Å². The number of thiocarbonyl (C=S) groups is 1. The molecule has 5 aliphatic rings. The number of thioether (sulfide) groups is 1. The minimum atomic E-state index is -0.0972. The van der Waals surface area contributed by atoms with Crippen molar-refractivity contribution in [3.05, 3.63) is 63.5 Å². The van der Waals surface area contributed by atoms with E-state index in [0.717, 1.165) is 34.8 Å². The third kappa shape index (κ3) is 3.90. The number of hydrogen-bond donors (Lipinski definition) is 0. The number of rotatable bonds is 5. The Morgan fingerprint density at radius 1 is 1.09 bits per heavy atom. The van der Waals surface area contributed by atoms with Crippen molar-refractivity contribution in [1.82, 2.24) is 0 Å². The fourth-order valence-electron chi connectivity index (χ4n) is 7.16. The molecule has 0 aromatic heterocycles. The molecule has 1 aliphatic heterocycles. The quantitative estimate of drug-likeness (QED) is 0.306. The number of halogens is 1. The lowest BCUT2D eigenvalue weighted by atomic mass is 9.48. The van der Waals surface area contributed by atoms with Gasteiger partial charge in [-0.1, -0.05) is 41.6 Å². The van der Waals surface area contributed by atoms with E-state index in [1.165, 1.54) is 55.9 Å². The number of hydrogen-bond acceptors (Lipinski definition) is 4. The van der Waals surface area contributed by atoms with Crippen LogP contribution in [0.15, 0.2) is 47.4 Å². The molecule has 1 heterocycles. The van der Waals surface area contributed by atoms with Gasteiger partial charge in [0.2, 0.25) is 0 Å². The number of anilines is 1. The molecular weight excluding hydrogens is 482 g/mol. The minimum absolute atomic E-state index is 0.0972. The smallest absolute Gasteiger partial charge is 0.270 e. The predicted molar refractivity (Wildman–Crippen MR) is 145 cm³/mol. The van der Waals surface area contributed by atoms with Gasteiger partial charge in [0.05, 0.1) is 17.2 Å². The van der Waals surface area contributed by atoms with Gasteiger partial charge in [-0.25, -0.2) is 0 Å². The second-order valence-corrected chi connectivity index (χ2v) is 12.5. The third-order valence-corrected chi connectivity index (χ3v) is 9.68. The van der Waals surface area contributed by atoms with Crippen LogP contribution in [0.1, 0.15) is 56.6 Å². The highest BCUT2D eigenvalue weighted by atomic mass is 35.5. The minimum Gasteiger partial charge on any atom is -0.493 e. The van der Waals surface area contributed by atoms with E-state index in [1.54, 1.807) is 17.0 Å². The fourth-order valence-corrected chi connectivity index (χ4v) is 8.58. The number of amides is 1. The molecule has 4 aliphatic carbocycles. The Morgan fingerprint density at radius 2 is 1.74 bits per heavy atom. The van der Waals surface area contributed by atoms with Crippen LogP contribution >= 0.6 is 35.6 Å². The summed E-state index contributed by atoms with van der Waals surface area (Å²) in [6, 6.07) is 13.9. The van der Waals surface area contributed by atoms with Crippen molar-refractivity contribution in [3.8, 4) is 5.75 Å². The largest absolute Gasteiger partial charge is 0.493 e. The van der Waals surface area contributed by atoms with E-state index in [4.69, 9.17) is 28.6 Å². The standard InChI is InChI=1S/C28H28ClNO2S2/c1-2-32-24-8-3-21(28-14-17-9-18(15-28)11-19(10-17)16-28)12-20(24)13-25-26(31)30(27(33)34-25)23-6-4-22(29)5-7-23/h3-8,12-13,17-19H,2,9-11,14-16H2,1H3/b25-13-. The Bertz CT molecular complexity index is 1150. The second-order valence-electron chi connectivity index (χ2n) is 10.4. The van der Waals surface area contributed by atoms with E-state index in [0.29, 0.717) is 26.3 Å². The van der Waals surface area contributed by atoms with Gasteiger partial charge >= 0.3 is 0 Å². The average molecular weight is 510 g/mol. The summed E-state index contributed by atoms with van der Waals surface area (Å²) in [7, 11) is 0. The van der Waals surface area contributed by atoms with Crippen LogP contribution in [0, 0.1) is 17.8 Å². The monoisotopic (exact) mass is 509 g/mol. The average Bonchev–Trinajstić information content (AvgIpc) is 3.07. The van der Waals surface area contributed by atoms with Gasteiger partial charge in [-0.3, -0.25) is 9.69 Å². The molecule has 0 N–H and O–H groups in total. The van der Waals surface area contributed by atoms with Crippen LogP contribution in [-0.4, -0.2) is 16.8 Å². The highest BCUT2D eigenvalue weighted by Crippen LogP contribution is 2.61. The number of carbonyl (C=O) groups is 1. The summed E-state index contributed by atoms with van der Waals surface area (Å²) in [5, 5.41) is 0.632. The SMILES string of the molecule is CCOc1ccc(C23CC4CC(CC(C4)C2)C3)cc1/C=C1\SC(=S)N(c2ccc(Cl)cc2)C1=O. The summed E-state index contributed by atoms with van der Waals surface area (Å²) in [4.78, 5) is 15.6. The van der Waals surface area contributed by atoms with Gasteiger partial charge in [0.1, 0.15) is 5.75 Å². The fraction of sp³-hybridized carbons (Fsp3) is 0.429. The molecule has 4 bridgehead atoms. The third-order valence-electron chi connectivity index (χ3n) is 8.13. The molecule has 1 saturated heterocycles. The molecule has 7 rings (SSSR count). The molecule has 34 heavy (non-hydrogen) atoms. The van der Waals surface area contributed by atoms with Crippen molar-refractivity contribution in [1.29, 1.82) is 0 Å². The van der Waals surface area contributed by atoms with Gasteiger partial charge < -0.3 is 4.74 Å². The Balaban J connectivity index is 1.36. The highest BCUT2D eigenvalue weighted by Gasteiger charge is 2.51. The van der Waals surface area contributed by atoms with Crippen molar-refractivity contribution in [3.63, 3.8) is 0 Å². The zero-order chi connectivity index (χ0) is 23.4. The van der Waals surface area contributed by atoms with E-state index in [9.17, 15) is 4.79 Å². The van der Waals surface area contributed by atoms with Gasteiger partial charge in [-0.05, 0) is 117 Å². The molecule has 2 aromatic rings. The molecule has 1 amide bonds. The van der Waals surface area contributed by atoms with Crippen LogP contribution < -0.4 is 9.64 Å². The van der Waals surface area contributed by atoms with E-state index >= 15 is 0 Å². The van der Waals surface area contributed by atoms with Gasteiger partial charge in [-0.15, -0.1) is 0 Å². The van der Waals surface area contributed by atoms with Gasteiger partial charge in [0.25, 0.3) is 5.91 Å². The molecule has 3 nitrogen and oxygen atoms in total. The lowest BCUT2D eigenvalue weighted by Crippen LogP contribution is -2.48. The first kappa shape index (κ1) is 22.6. The van der Waals surface area contributed by atoms with Crippen molar-refractivity contribution in [2.75, 3.05) is 11.5 Å². The van der Waals surface area contributed by atoms with Crippen LogP contribution in [0.4, 0.5) is 5.69 Å². The maximum atomic E-state index is 13.4. The number of carbonyl (C=O) groups excluding carboxylic acids is 1. The normalized spacial score (nSPS) is 31.1. The van der Waals surface area contributed by atoms with Gasteiger partial charge in [0, 0.05) is 10.6 Å². The van der Waals surface area contributed by atoms with Crippen LogP contribution in [0.2, 0.25) is 5.02 Å². The first-order chi connectivity index (χ1) is 16.4. The first-order valence-electron chi connectivity index (χ1n) is 12.2. The summed E-state index contributed by atoms with van der Waals surface area (Å²) in [5.74, 6) is 3.39. The van der Waals surface area contributed by atoms with E-state index in [1.807, 2.05) is 25.1 Å². The van der Waals surface area contributed by atoms with Crippen LogP contribution in [0.3, 0.4) is 0 Å². The Morgan fingerprint density at radius 3 is 2.35 bits per heavy atom. The molecule has 4 saturated carbocycles. The molecule has 0 atom stereocenters. The zero-order valence-electron chi connectivity index (χ0n) is 19.3. The zero-order valence-corrected chi connectivity index (χ0v) is 21.6. The number of nitrogens with zero attached hydrogens (tertiary/aromatic N) is 1. The molecule has 0 radical (unpaired) electrons. The lowest BCUT2D eigenvalue weighted by molar-refractivity contribution is -0.113. The number of benzene rings is 2. The Kier molecular flexibility index (Phi) is 5.78. The lowest BCUT2D eigenvalue weighted by Gasteiger charge is -2.57. The van der Waals surface area contributed by atoms with Crippen LogP contribution in [0.5, 0.6) is 5.75 Å². The summed E-state index contributed by atoms with van der Waals surface area (Å²) in [6.45, 7) is 2.58. The molecule has 2 aromatic carbocycles. The number of ether oxygens (including phenoxy) is 1. The van der Waals surface area contributed by atoms with Crippen LogP contribution in [0.25, 0.3) is 6.08 Å². The topological polar surface area (TPSA) is 29.5 Å². The first-order valence-corrected chi connectivity index (χ1v) is 13.9. The molecule has 0 unspecified atom stereocenters. The van der Waals surface area contributed by atoms with E-state index in [2.05, 4.69) is 18.2 Å². The summed E-state index contributed by atoms with van der Waals surface area (Å²) in [6.07, 6.45) is 10.2. The Labute approximate surface area is 215 Å². The van der Waals surface area contributed by atoms with Crippen molar-refractivity contribution >= 4 is 57.6 Å². The molecular formula is C28H28ClNO2S2. The maximum absolute atomic E-state index is 13.4. The summed E-state index contributed by atoms with van der Waals surface area (Å²) < 4.78 is 6.52. The molecule has 6 heteroatoms. The van der Waals surface area contributed by atoms with Crippen molar-refractivity contribution in [2.45, 2.75) is 50.9 Å². The molecule has 176 valence electrons. The van der Waals surface area contributed by atoms with E-state index < -0.39 is 0 Å². The van der Waals surface area contributed by atoms with E-state index in [-0.39, 0.29) is 5.91 Å². The van der Waals surface area contributed by atoms with Crippen LogP contribution in [-0.2, 0) is 10.2 Å².